The number of pyridine rings is 1. The molecule has 0 amide bonds. The third kappa shape index (κ3) is 4.64. The third-order valence-corrected chi connectivity index (χ3v) is 6.61. The number of benzene rings is 1. The van der Waals surface area contributed by atoms with Crippen LogP contribution in [0.2, 0.25) is 0 Å². The Morgan fingerprint density at radius 3 is 2.46 bits per heavy atom. The van der Waals surface area contributed by atoms with Gasteiger partial charge in [0.2, 0.25) is 0 Å². The summed E-state index contributed by atoms with van der Waals surface area (Å²) in [5.74, 6) is 0.324. The van der Waals surface area contributed by atoms with E-state index in [4.69, 9.17) is 0 Å². The Bertz CT molecular complexity index is 979. The lowest BCUT2D eigenvalue weighted by atomic mass is 10.0. The fraction of sp³-hybridized carbons (Fsp3) is 0.476. The van der Waals surface area contributed by atoms with Crippen LogP contribution in [0, 0.1) is 0 Å². The summed E-state index contributed by atoms with van der Waals surface area (Å²) in [5.41, 5.74) is 2.66. The second-order valence-electron chi connectivity index (χ2n) is 7.69. The largest absolute Gasteiger partial charge is 0.324 e. The molecular weight excluding hydrogens is 374 g/mol. The van der Waals surface area contributed by atoms with Gasteiger partial charge in [0.15, 0.2) is 0 Å². The van der Waals surface area contributed by atoms with Crippen molar-refractivity contribution in [2.75, 3.05) is 24.4 Å². The van der Waals surface area contributed by atoms with Crippen molar-refractivity contribution < 1.29 is 8.42 Å². The highest BCUT2D eigenvalue weighted by Crippen LogP contribution is 2.21. The minimum absolute atomic E-state index is 0.0793. The third-order valence-electron chi connectivity index (χ3n) is 5.23. The summed E-state index contributed by atoms with van der Waals surface area (Å²) in [5, 5.41) is 0. The van der Waals surface area contributed by atoms with Crippen LogP contribution in [-0.2, 0) is 22.9 Å². The van der Waals surface area contributed by atoms with Gasteiger partial charge in [-0.05, 0) is 54.6 Å². The molecule has 1 aromatic carbocycles. The van der Waals surface area contributed by atoms with E-state index in [0.29, 0.717) is 5.92 Å². The molecule has 1 aliphatic heterocycles. The van der Waals surface area contributed by atoms with Gasteiger partial charge in [0.25, 0.3) is 15.6 Å². The molecule has 0 unspecified atom stereocenters. The molecule has 0 aliphatic carbocycles. The fourth-order valence-electron chi connectivity index (χ4n) is 3.57. The molecule has 1 aliphatic rings. The minimum Gasteiger partial charge on any atom is -0.324 e. The number of rotatable bonds is 6. The quantitative estimate of drug-likeness (QED) is 0.776. The van der Waals surface area contributed by atoms with Crippen molar-refractivity contribution in [2.45, 2.75) is 50.8 Å². The Labute approximate surface area is 167 Å². The van der Waals surface area contributed by atoms with Gasteiger partial charge in [-0.25, -0.2) is 8.42 Å². The Morgan fingerprint density at radius 1 is 1.14 bits per heavy atom. The van der Waals surface area contributed by atoms with E-state index in [1.807, 2.05) is 12.1 Å². The summed E-state index contributed by atoms with van der Waals surface area (Å²) in [4.78, 5) is 17.9. The van der Waals surface area contributed by atoms with Gasteiger partial charge in [0, 0.05) is 25.2 Å². The standard InChI is InChI=1S/C21H29N3O3S/c1-4-11-24-12-9-17-14-20(21(25)22-19(17)10-13-24)23-28(26,27)18-7-5-16(6-8-18)15(2)3/h5-8,14-15,23H,4,9-13H2,1-3H3,(H,22,25). The van der Waals surface area contributed by atoms with Gasteiger partial charge in [-0.15, -0.1) is 0 Å². The normalized spacial score (nSPS) is 15.3. The van der Waals surface area contributed by atoms with Crippen molar-refractivity contribution in [3.05, 3.63) is 57.5 Å². The lowest BCUT2D eigenvalue weighted by molar-refractivity contribution is 0.288. The molecule has 3 rings (SSSR count). The van der Waals surface area contributed by atoms with Crippen LogP contribution >= 0.6 is 0 Å². The molecule has 0 radical (unpaired) electrons. The first-order valence-corrected chi connectivity index (χ1v) is 11.4. The smallest absolute Gasteiger partial charge is 0.272 e. The summed E-state index contributed by atoms with van der Waals surface area (Å²) in [6.07, 6.45) is 2.66. The minimum atomic E-state index is -3.81. The van der Waals surface area contributed by atoms with Gasteiger partial charge in [0.05, 0.1) is 4.90 Å². The highest BCUT2D eigenvalue weighted by atomic mass is 32.2. The second kappa shape index (κ2) is 8.49. The maximum absolute atomic E-state index is 12.7. The van der Waals surface area contributed by atoms with Crippen LogP contribution in [0.15, 0.2) is 40.0 Å². The first-order chi connectivity index (χ1) is 13.3. The van der Waals surface area contributed by atoms with E-state index in [1.54, 1.807) is 18.2 Å². The Kier molecular flexibility index (Phi) is 6.25. The van der Waals surface area contributed by atoms with Gasteiger partial charge in [-0.3, -0.25) is 9.52 Å². The molecule has 0 bridgehead atoms. The molecule has 2 N–H and O–H groups in total. The molecule has 1 aromatic heterocycles. The Morgan fingerprint density at radius 2 is 1.82 bits per heavy atom. The number of anilines is 1. The van der Waals surface area contributed by atoms with Gasteiger partial charge >= 0.3 is 0 Å². The van der Waals surface area contributed by atoms with Crippen molar-refractivity contribution in [2.24, 2.45) is 0 Å². The summed E-state index contributed by atoms with van der Waals surface area (Å²) >= 11 is 0. The molecule has 28 heavy (non-hydrogen) atoms. The molecule has 0 fully saturated rings. The number of nitrogens with one attached hydrogen (secondary N) is 2. The number of fused-ring (bicyclic) bond motifs is 1. The van der Waals surface area contributed by atoms with E-state index in [9.17, 15) is 13.2 Å². The van der Waals surface area contributed by atoms with E-state index in [1.165, 1.54) is 0 Å². The Hall–Kier alpha value is -2.12. The lowest BCUT2D eigenvalue weighted by Crippen LogP contribution is -2.27. The second-order valence-corrected chi connectivity index (χ2v) is 9.37. The predicted octanol–water partition coefficient (Wildman–Crippen LogP) is 3.11. The van der Waals surface area contributed by atoms with Crippen molar-refractivity contribution >= 4 is 15.7 Å². The van der Waals surface area contributed by atoms with E-state index >= 15 is 0 Å². The van der Waals surface area contributed by atoms with Crippen LogP contribution in [-0.4, -0.2) is 37.9 Å². The molecular formula is C21H29N3O3S. The first kappa shape index (κ1) is 20.6. The molecule has 0 spiro atoms. The number of aromatic nitrogens is 1. The fourth-order valence-corrected chi connectivity index (χ4v) is 4.62. The summed E-state index contributed by atoms with van der Waals surface area (Å²) in [7, 11) is -3.81. The number of hydrogen-bond donors (Lipinski definition) is 2. The number of sulfonamides is 1. The van der Waals surface area contributed by atoms with Crippen molar-refractivity contribution in [3.63, 3.8) is 0 Å². The SMILES string of the molecule is CCCN1CCc2cc(NS(=O)(=O)c3ccc(C(C)C)cc3)c(=O)[nH]c2CC1. The number of nitrogens with zero attached hydrogens (tertiary/aromatic N) is 1. The maximum Gasteiger partial charge on any atom is 0.272 e. The predicted molar refractivity (Wildman–Crippen MR) is 113 cm³/mol. The van der Waals surface area contributed by atoms with Gasteiger partial charge in [-0.1, -0.05) is 32.9 Å². The average molecular weight is 404 g/mol. The summed E-state index contributed by atoms with van der Waals surface area (Å²) in [6, 6.07) is 8.48. The van der Waals surface area contributed by atoms with E-state index in [0.717, 1.165) is 55.7 Å². The molecule has 0 saturated heterocycles. The van der Waals surface area contributed by atoms with Crippen LogP contribution in [0.4, 0.5) is 5.69 Å². The first-order valence-electron chi connectivity index (χ1n) is 9.90. The van der Waals surface area contributed by atoms with Gasteiger partial charge < -0.3 is 9.88 Å². The molecule has 2 aromatic rings. The van der Waals surface area contributed by atoms with Crippen molar-refractivity contribution in [1.82, 2.24) is 9.88 Å². The summed E-state index contributed by atoms with van der Waals surface area (Å²) in [6.45, 7) is 9.11. The van der Waals surface area contributed by atoms with Crippen LogP contribution in [0.5, 0.6) is 0 Å². The van der Waals surface area contributed by atoms with Crippen molar-refractivity contribution in [1.29, 1.82) is 0 Å². The van der Waals surface area contributed by atoms with E-state index < -0.39 is 15.6 Å². The van der Waals surface area contributed by atoms with Crippen molar-refractivity contribution in [3.8, 4) is 0 Å². The molecule has 0 saturated carbocycles. The molecule has 2 heterocycles. The molecule has 6 nitrogen and oxygen atoms in total. The van der Waals surface area contributed by atoms with Crippen LogP contribution in [0.25, 0.3) is 0 Å². The highest BCUT2D eigenvalue weighted by Gasteiger charge is 2.20. The Balaban J connectivity index is 1.84. The maximum atomic E-state index is 12.7. The summed E-state index contributed by atoms with van der Waals surface area (Å²) < 4.78 is 27.9. The van der Waals surface area contributed by atoms with Crippen LogP contribution < -0.4 is 10.3 Å². The molecule has 0 atom stereocenters. The zero-order valence-corrected chi connectivity index (χ0v) is 17.6. The van der Waals surface area contributed by atoms with Gasteiger partial charge in [0.1, 0.15) is 5.69 Å². The number of hydrogen-bond acceptors (Lipinski definition) is 4. The highest BCUT2D eigenvalue weighted by molar-refractivity contribution is 7.92. The monoisotopic (exact) mass is 403 g/mol. The topological polar surface area (TPSA) is 82.3 Å². The molecule has 152 valence electrons. The zero-order valence-electron chi connectivity index (χ0n) is 16.8. The number of aromatic amines is 1. The van der Waals surface area contributed by atoms with Crippen LogP contribution in [0.3, 0.4) is 0 Å². The van der Waals surface area contributed by atoms with E-state index in [2.05, 4.69) is 35.4 Å². The molecule has 7 heteroatoms. The lowest BCUT2D eigenvalue weighted by Gasteiger charge is -2.17. The van der Waals surface area contributed by atoms with Crippen LogP contribution in [0.1, 0.15) is 49.9 Å². The van der Waals surface area contributed by atoms with E-state index in [-0.39, 0.29) is 10.6 Å². The number of H-pyrrole nitrogens is 1. The average Bonchev–Trinajstić information content (AvgIpc) is 2.84. The zero-order chi connectivity index (χ0) is 20.3. The van der Waals surface area contributed by atoms with Gasteiger partial charge in [-0.2, -0.15) is 0 Å².